The number of unbranched alkanes of at least 4 members (excludes halogenated alkanes) is 5. The van der Waals surface area contributed by atoms with E-state index in [-0.39, 0.29) is 0 Å². The molecule has 1 heteroatoms. The van der Waals surface area contributed by atoms with Crippen LogP contribution in [0.15, 0.2) is 0 Å². The summed E-state index contributed by atoms with van der Waals surface area (Å²) in [6.07, 6.45) is 10.8. The molecule has 0 rings (SSSR count). The van der Waals surface area contributed by atoms with Crippen molar-refractivity contribution in [3.63, 3.8) is 0 Å². The summed E-state index contributed by atoms with van der Waals surface area (Å²) in [5, 5.41) is 0.367. The van der Waals surface area contributed by atoms with Crippen LogP contribution in [0.25, 0.3) is 0 Å². The zero-order valence-corrected chi connectivity index (χ0v) is 11.9. The van der Waals surface area contributed by atoms with Crippen LogP contribution < -0.4 is 0 Å². The van der Waals surface area contributed by atoms with E-state index >= 15 is 0 Å². The van der Waals surface area contributed by atoms with E-state index in [4.69, 9.17) is 11.6 Å². The highest BCUT2D eigenvalue weighted by Crippen LogP contribution is 2.22. The summed E-state index contributed by atoms with van der Waals surface area (Å²) in [5.41, 5.74) is 0.522. The lowest BCUT2D eigenvalue weighted by Crippen LogP contribution is -2.03. The van der Waals surface area contributed by atoms with E-state index in [2.05, 4.69) is 27.7 Å². The zero-order valence-electron chi connectivity index (χ0n) is 11.1. The topological polar surface area (TPSA) is 0 Å². The Kier molecular flexibility index (Phi) is 8.61. The van der Waals surface area contributed by atoms with Gasteiger partial charge >= 0.3 is 0 Å². The van der Waals surface area contributed by atoms with Gasteiger partial charge in [-0.3, -0.25) is 0 Å². The van der Waals surface area contributed by atoms with Gasteiger partial charge in [-0.25, -0.2) is 0 Å². The molecule has 0 radical (unpaired) electrons. The van der Waals surface area contributed by atoms with Gasteiger partial charge in [0.25, 0.3) is 0 Å². The van der Waals surface area contributed by atoms with Gasteiger partial charge in [-0.05, 0) is 25.2 Å². The molecular weight excluding hydrogens is 204 g/mol. The highest BCUT2D eigenvalue weighted by molar-refractivity contribution is 6.20. The Morgan fingerprint density at radius 2 is 1.33 bits per heavy atom. The van der Waals surface area contributed by atoms with Crippen LogP contribution in [-0.2, 0) is 0 Å². The van der Waals surface area contributed by atoms with Crippen molar-refractivity contribution in [2.24, 2.45) is 5.41 Å². The average Bonchev–Trinajstić information content (AvgIpc) is 2.07. The van der Waals surface area contributed by atoms with Gasteiger partial charge < -0.3 is 0 Å². The Hall–Kier alpha value is 0.290. The van der Waals surface area contributed by atoms with Gasteiger partial charge in [-0.15, -0.1) is 11.6 Å². The fourth-order valence-corrected chi connectivity index (χ4v) is 1.94. The maximum absolute atomic E-state index is 5.89. The zero-order chi connectivity index (χ0) is 11.7. The highest BCUT2D eigenvalue weighted by Gasteiger charge is 2.08. The summed E-state index contributed by atoms with van der Waals surface area (Å²) in [6.45, 7) is 9.07. The van der Waals surface area contributed by atoms with Crippen molar-refractivity contribution < 1.29 is 0 Å². The van der Waals surface area contributed by atoms with E-state index in [0.717, 1.165) is 0 Å². The Morgan fingerprint density at radius 1 is 0.867 bits per heavy atom. The first-order valence-electron chi connectivity index (χ1n) is 6.56. The molecule has 0 amide bonds. The third-order valence-electron chi connectivity index (χ3n) is 2.78. The molecule has 0 aromatic rings. The minimum Gasteiger partial charge on any atom is -0.123 e. The summed E-state index contributed by atoms with van der Waals surface area (Å²) < 4.78 is 0. The summed E-state index contributed by atoms with van der Waals surface area (Å²) in [4.78, 5) is 0. The van der Waals surface area contributed by atoms with E-state index in [0.29, 0.717) is 10.8 Å². The fraction of sp³-hybridized carbons (Fsp3) is 1.00. The molecule has 1 atom stereocenters. The van der Waals surface area contributed by atoms with E-state index in [1.54, 1.807) is 0 Å². The van der Waals surface area contributed by atoms with E-state index < -0.39 is 0 Å². The lowest BCUT2D eigenvalue weighted by atomic mass is 9.89. The van der Waals surface area contributed by atoms with Crippen molar-refractivity contribution in [3.8, 4) is 0 Å². The van der Waals surface area contributed by atoms with E-state index in [9.17, 15) is 0 Å². The second-order valence-corrected chi connectivity index (χ2v) is 6.75. The predicted molar refractivity (Wildman–Crippen MR) is 71.7 cm³/mol. The summed E-state index contributed by atoms with van der Waals surface area (Å²) in [5.74, 6) is 0. The molecule has 0 spiro atoms. The molecule has 0 heterocycles. The molecule has 0 nitrogen and oxygen atoms in total. The van der Waals surface area contributed by atoms with Gasteiger partial charge in [-0.2, -0.15) is 0 Å². The number of hydrogen-bond acceptors (Lipinski definition) is 0. The van der Waals surface area contributed by atoms with Crippen LogP contribution in [0.3, 0.4) is 0 Å². The van der Waals surface area contributed by atoms with Gasteiger partial charge in [0, 0.05) is 5.38 Å². The van der Waals surface area contributed by atoms with Crippen LogP contribution in [-0.4, -0.2) is 5.38 Å². The summed E-state index contributed by atoms with van der Waals surface area (Å²) in [7, 11) is 0. The molecule has 0 aliphatic carbocycles. The third-order valence-corrected chi connectivity index (χ3v) is 3.00. The van der Waals surface area contributed by atoms with Crippen molar-refractivity contribution in [2.45, 2.75) is 84.4 Å². The van der Waals surface area contributed by atoms with Crippen molar-refractivity contribution in [1.29, 1.82) is 0 Å². The molecule has 0 fully saturated rings. The van der Waals surface area contributed by atoms with E-state index in [1.807, 2.05) is 0 Å². The molecule has 1 unspecified atom stereocenters. The minimum atomic E-state index is 0.367. The molecule has 0 aromatic carbocycles. The van der Waals surface area contributed by atoms with Crippen molar-refractivity contribution in [1.82, 2.24) is 0 Å². The molecule has 15 heavy (non-hydrogen) atoms. The van der Waals surface area contributed by atoms with Crippen molar-refractivity contribution in [2.75, 3.05) is 0 Å². The largest absolute Gasteiger partial charge is 0.123 e. The van der Waals surface area contributed by atoms with Gasteiger partial charge in [0.2, 0.25) is 0 Å². The maximum Gasteiger partial charge on any atom is 0.0307 e. The number of halogens is 1. The van der Waals surface area contributed by atoms with Crippen LogP contribution >= 0.6 is 11.6 Å². The maximum atomic E-state index is 5.89. The lowest BCUT2D eigenvalue weighted by molar-refractivity contribution is 0.356. The van der Waals surface area contributed by atoms with Crippen molar-refractivity contribution >= 4 is 11.6 Å². The molecule has 0 saturated carbocycles. The standard InChI is InChI=1S/C14H29Cl/c1-13(15)11-9-7-5-6-8-10-12-14(2,3)4/h13H,5-12H2,1-4H3. The Balaban J connectivity index is 3.06. The normalized spacial score (nSPS) is 14.2. The molecule has 0 aliphatic heterocycles. The first kappa shape index (κ1) is 15.3. The lowest BCUT2D eigenvalue weighted by Gasteiger charge is -2.17. The van der Waals surface area contributed by atoms with Crippen molar-refractivity contribution in [3.05, 3.63) is 0 Å². The molecule has 0 N–H and O–H groups in total. The number of hydrogen-bond donors (Lipinski definition) is 0. The Bertz CT molecular complexity index is 133. The van der Waals surface area contributed by atoms with Gasteiger partial charge in [0.1, 0.15) is 0 Å². The van der Waals surface area contributed by atoms with Gasteiger partial charge in [0.15, 0.2) is 0 Å². The first-order valence-corrected chi connectivity index (χ1v) is 6.99. The number of alkyl halides is 1. The summed E-state index contributed by atoms with van der Waals surface area (Å²) >= 11 is 5.89. The van der Waals surface area contributed by atoms with Crippen LogP contribution in [0, 0.1) is 5.41 Å². The van der Waals surface area contributed by atoms with Crippen LogP contribution in [0.1, 0.15) is 79.1 Å². The molecule has 0 bridgehead atoms. The highest BCUT2D eigenvalue weighted by atomic mass is 35.5. The quantitative estimate of drug-likeness (QED) is 0.368. The monoisotopic (exact) mass is 232 g/mol. The Morgan fingerprint density at radius 3 is 1.80 bits per heavy atom. The molecule has 92 valence electrons. The van der Waals surface area contributed by atoms with Crippen LogP contribution in [0.2, 0.25) is 0 Å². The second kappa shape index (κ2) is 8.44. The summed E-state index contributed by atoms with van der Waals surface area (Å²) in [6, 6.07) is 0. The van der Waals surface area contributed by atoms with Crippen LogP contribution in [0.4, 0.5) is 0 Å². The SMILES string of the molecule is CC(Cl)CCCCCCCCC(C)(C)C. The Labute approximate surface area is 102 Å². The second-order valence-electron chi connectivity index (χ2n) is 6.00. The van der Waals surface area contributed by atoms with Gasteiger partial charge in [0.05, 0.1) is 0 Å². The predicted octanol–water partition coefficient (Wildman–Crippen LogP) is 5.78. The molecule has 0 aromatic heterocycles. The number of rotatable bonds is 8. The van der Waals surface area contributed by atoms with Crippen LogP contribution in [0.5, 0.6) is 0 Å². The third kappa shape index (κ3) is 14.3. The smallest absolute Gasteiger partial charge is 0.0307 e. The molecular formula is C14H29Cl. The molecule has 0 saturated heterocycles. The molecule has 0 aliphatic rings. The minimum absolute atomic E-state index is 0.367. The fourth-order valence-electron chi connectivity index (χ4n) is 1.79. The van der Waals surface area contributed by atoms with Gasteiger partial charge in [-0.1, -0.05) is 59.3 Å². The average molecular weight is 233 g/mol. The first-order chi connectivity index (χ1) is 6.92. The van der Waals surface area contributed by atoms with E-state index in [1.165, 1.54) is 51.4 Å².